The van der Waals surface area contributed by atoms with Crippen LogP contribution in [0.15, 0.2) is 12.7 Å². The van der Waals surface area contributed by atoms with E-state index in [0.29, 0.717) is 23.9 Å². The summed E-state index contributed by atoms with van der Waals surface area (Å²) in [5.74, 6) is -0.794. The van der Waals surface area contributed by atoms with Crippen molar-refractivity contribution in [3.8, 4) is 0 Å². The number of allylic oxidation sites excluding steroid dienone is 1. The Kier molecular flexibility index (Phi) is 33.7. The number of hydrogen-bond donors (Lipinski definition) is 1. The van der Waals surface area contributed by atoms with Gasteiger partial charge in [0.1, 0.15) is 19.8 Å². The van der Waals surface area contributed by atoms with Gasteiger partial charge in [-0.3, -0.25) is 18.6 Å². The summed E-state index contributed by atoms with van der Waals surface area (Å²) in [5, 5.41) is 0. The van der Waals surface area contributed by atoms with Crippen LogP contribution in [-0.2, 0) is 32.7 Å². The standard InChI is InChI=1S/C41H80NO8P/c1-6-8-10-12-14-16-18-20-21-22-24-26-28-30-32-34-41(44)50-39(38-49-51(45,46)48-36-35-42(3,4)5)37-47-40(43)33-31-29-27-25-23-19-17-15-13-11-9-7-2/h6,39H,1,7-38H2,2-5H3/p+1/t39-/m1/s1. The third kappa shape index (κ3) is 38.3. The Labute approximate surface area is 314 Å². The maximum Gasteiger partial charge on any atom is 0.472 e. The largest absolute Gasteiger partial charge is 0.472 e. The lowest BCUT2D eigenvalue weighted by Crippen LogP contribution is -2.37. The number of carbonyl (C=O) groups is 2. The van der Waals surface area contributed by atoms with Gasteiger partial charge in [0.05, 0.1) is 27.7 Å². The zero-order chi connectivity index (χ0) is 37.9. The average Bonchev–Trinajstić information content (AvgIpc) is 3.07. The summed E-state index contributed by atoms with van der Waals surface area (Å²) in [7, 11) is 1.48. The van der Waals surface area contributed by atoms with Gasteiger partial charge in [0.2, 0.25) is 0 Å². The SMILES string of the molecule is C=CCCCCCCCCCCCCCCCC(=O)O[C@H](COC(=O)CCCCCCCCCCCCCC)COP(=O)(O)OCC[N+](C)(C)C. The van der Waals surface area contributed by atoms with Gasteiger partial charge in [-0.1, -0.05) is 154 Å². The van der Waals surface area contributed by atoms with Gasteiger partial charge in [-0.2, -0.15) is 0 Å². The normalized spacial score (nSPS) is 13.5. The Morgan fingerprint density at radius 2 is 1.04 bits per heavy atom. The number of carbonyl (C=O) groups excluding carboxylic acids is 2. The number of unbranched alkanes of at least 4 members (excludes halogenated alkanes) is 24. The van der Waals surface area contributed by atoms with Crippen LogP contribution in [0.1, 0.15) is 187 Å². The molecule has 1 unspecified atom stereocenters. The Hall–Kier alpha value is -1.25. The van der Waals surface area contributed by atoms with Gasteiger partial charge in [-0.15, -0.1) is 6.58 Å². The molecule has 302 valence electrons. The topological polar surface area (TPSA) is 108 Å². The number of ether oxygens (including phenoxy) is 2. The van der Waals surface area contributed by atoms with E-state index in [2.05, 4.69) is 13.5 Å². The Bertz CT molecular complexity index is 878. The summed E-state index contributed by atoms with van der Waals surface area (Å²) in [6, 6.07) is 0. The van der Waals surface area contributed by atoms with Crippen LogP contribution in [0.3, 0.4) is 0 Å². The molecule has 0 fully saturated rings. The molecule has 1 N–H and O–H groups in total. The lowest BCUT2D eigenvalue weighted by atomic mass is 10.0. The molecule has 0 aromatic heterocycles. The van der Waals surface area contributed by atoms with E-state index in [0.717, 1.165) is 38.5 Å². The molecule has 0 aromatic carbocycles. The first-order chi connectivity index (χ1) is 24.5. The maximum absolute atomic E-state index is 12.6. The van der Waals surface area contributed by atoms with Crippen molar-refractivity contribution in [2.45, 2.75) is 193 Å². The molecule has 2 atom stereocenters. The van der Waals surface area contributed by atoms with E-state index in [-0.39, 0.29) is 25.6 Å². The van der Waals surface area contributed by atoms with Gasteiger partial charge >= 0.3 is 19.8 Å². The highest BCUT2D eigenvalue weighted by molar-refractivity contribution is 7.47. The number of likely N-dealkylation sites (N-methyl/N-ethyl adjacent to an activating group) is 1. The van der Waals surface area contributed by atoms with Gasteiger partial charge in [-0.25, -0.2) is 4.57 Å². The van der Waals surface area contributed by atoms with Gasteiger partial charge < -0.3 is 18.9 Å². The smallest absolute Gasteiger partial charge is 0.462 e. The maximum atomic E-state index is 12.6. The molecule has 0 saturated carbocycles. The molecule has 0 aromatic rings. The highest BCUT2D eigenvalue weighted by atomic mass is 31.2. The molecule has 0 aliphatic heterocycles. The molecular weight excluding hydrogens is 665 g/mol. The van der Waals surface area contributed by atoms with Gasteiger partial charge in [0.25, 0.3) is 0 Å². The van der Waals surface area contributed by atoms with Crippen molar-refractivity contribution in [2.75, 3.05) is 47.5 Å². The van der Waals surface area contributed by atoms with Crippen LogP contribution >= 0.6 is 7.82 Å². The number of rotatable bonds is 39. The van der Waals surface area contributed by atoms with Crippen molar-refractivity contribution in [1.29, 1.82) is 0 Å². The molecule has 0 rings (SSSR count). The quantitative estimate of drug-likeness (QED) is 0.0218. The molecular formula is C41H81NO8P+. The van der Waals surface area contributed by atoms with Crippen LogP contribution in [0, 0.1) is 0 Å². The summed E-state index contributed by atoms with van der Waals surface area (Å²) in [6.07, 6.45) is 32.9. The minimum absolute atomic E-state index is 0.0342. The zero-order valence-corrected chi connectivity index (χ0v) is 34.6. The fourth-order valence-electron chi connectivity index (χ4n) is 5.88. The number of hydrogen-bond acceptors (Lipinski definition) is 7. The zero-order valence-electron chi connectivity index (χ0n) is 33.7. The molecule has 0 amide bonds. The summed E-state index contributed by atoms with van der Waals surface area (Å²) in [5.41, 5.74) is 0. The third-order valence-corrected chi connectivity index (χ3v) is 10.2. The van der Waals surface area contributed by atoms with Crippen LogP contribution in [0.5, 0.6) is 0 Å². The second kappa shape index (κ2) is 34.5. The summed E-state index contributed by atoms with van der Waals surface area (Å²) < 4.78 is 34.2. The second-order valence-corrected chi connectivity index (χ2v) is 16.9. The predicted molar refractivity (Wildman–Crippen MR) is 211 cm³/mol. The van der Waals surface area contributed by atoms with E-state index in [9.17, 15) is 19.0 Å². The van der Waals surface area contributed by atoms with Gasteiger partial charge in [0.15, 0.2) is 6.10 Å². The molecule has 0 heterocycles. The lowest BCUT2D eigenvalue weighted by Gasteiger charge is -2.24. The van der Waals surface area contributed by atoms with Crippen molar-refractivity contribution >= 4 is 19.8 Å². The van der Waals surface area contributed by atoms with Crippen LogP contribution in [-0.4, -0.2) is 74.9 Å². The van der Waals surface area contributed by atoms with Crippen LogP contribution in [0.2, 0.25) is 0 Å². The van der Waals surface area contributed by atoms with Crippen molar-refractivity contribution in [3.63, 3.8) is 0 Å². The van der Waals surface area contributed by atoms with E-state index < -0.39 is 26.5 Å². The van der Waals surface area contributed by atoms with E-state index >= 15 is 0 Å². The molecule has 9 nitrogen and oxygen atoms in total. The van der Waals surface area contributed by atoms with Crippen molar-refractivity contribution in [3.05, 3.63) is 12.7 Å². The fourth-order valence-corrected chi connectivity index (χ4v) is 6.62. The highest BCUT2D eigenvalue weighted by Crippen LogP contribution is 2.43. The monoisotopic (exact) mass is 747 g/mol. The Balaban J connectivity index is 4.35. The van der Waals surface area contributed by atoms with Crippen molar-refractivity contribution in [1.82, 2.24) is 0 Å². The number of phosphoric ester groups is 1. The molecule has 0 aliphatic carbocycles. The van der Waals surface area contributed by atoms with Crippen LogP contribution in [0.25, 0.3) is 0 Å². The summed E-state index contributed by atoms with van der Waals surface area (Å²) in [6.45, 7) is 5.95. The fraction of sp³-hybridized carbons (Fsp3) is 0.902. The number of quaternary nitrogens is 1. The number of esters is 2. The molecule has 10 heteroatoms. The Morgan fingerprint density at radius 1 is 0.627 bits per heavy atom. The first-order valence-corrected chi connectivity index (χ1v) is 22.4. The van der Waals surface area contributed by atoms with E-state index in [1.165, 1.54) is 122 Å². The minimum Gasteiger partial charge on any atom is -0.462 e. The Morgan fingerprint density at radius 3 is 1.47 bits per heavy atom. The van der Waals surface area contributed by atoms with Gasteiger partial charge in [-0.05, 0) is 25.7 Å². The van der Waals surface area contributed by atoms with Crippen LogP contribution < -0.4 is 0 Å². The van der Waals surface area contributed by atoms with Crippen molar-refractivity contribution < 1.29 is 42.1 Å². The predicted octanol–water partition coefficient (Wildman–Crippen LogP) is 11.4. The first kappa shape index (κ1) is 49.8. The lowest BCUT2D eigenvalue weighted by molar-refractivity contribution is -0.870. The minimum atomic E-state index is -4.36. The third-order valence-electron chi connectivity index (χ3n) is 9.19. The number of phosphoric acid groups is 1. The molecule has 0 spiro atoms. The summed E-state index contributed by atoms with van der Waals surface area (Å²) >= 11 is 0. The first-order valence-electron chi connectivity index (χ1n) is 20.9. The molecule has 51 heavy (non-hydrogen) atoms. The average molecular weight is 747 g/mol. The van der Waals surface area contributed by atoms with E-state index in [4.69, 9.17) is 18.5 Å². The van der Waals surface area contributed by atoms with E-state index in [1.807, 2.05) is 27.2 Å². The molecule has 0 radical (unpaired) electrons. The van der Waals surface area contributed by atoms with Crippen LogP contribution in [0.4, 0.5) is 0 Å². The van der Waals surface area contributed by atoms with Crippen molar-refractivity contribution in [2.24, 2.45) is 0 Å². The number of nitrogens with zero attached hydrogens (tertiary/aromatic N) is 1. The molecule has 0 aliphatic rings. The second-order valence-electron chi connectivity index (χ2n) is 15.5. The van der Waals surface area contributed by atoms with Gasteiger partial charge in [0, 0.05) is 12.8 Å². The molecule has 0 bridgehead atoms. The highest BCUT2D eigenvalue weighted by Gasteiger charge is 2.27. The summed E-state index contributed by atoms with van der Waals surface area (Å²) in [4.78, 5) is 35.2. The van der Waals surface area contributed by atoms with E-state index in [1.54, 1.807) is 0 Å². The molecule has 0 saturated heterocycles.